The minimum atomic E-state index is -0.165. The van der Waals surface area contributed by atoms with E-state index >= 15 is 0 Å². The SMILES string of the molecule is CNCc1ccc(-c2ccc(C)cc2)c(F)c1. The van der Waals surface area contributed by atoms with Crippen molar-refractivity contribution in [2.75, 3.05) is 7.05 Å². The lowest BCUT2D eigenvalue weighted by Gasteiger charge is -2.06. The molecule has 0 aliphatic rings. The van der Waals surface area contributed by atoms with E-state index in [9.17, 15) is 4.39 Å². The van der Waals surface area contributed by atoms with Gasteiger partial charge >= 0.3 is 0 Å². The molecule has 2 aromatic carbocycles. The molecule has 0 aliphatic carbocycles. The van der Waals surface area contributed by atoms with Gasteiger partial charge in [-0.1, -0.05) is 42.0 Å². The van der Waals surface area contributed by atoms with Gasteiger partial charge in [-0.25, -0.2) is 4.39 Å². The predicted molar refractivity (Wildman–Crippen MR) is 69.3 cm³/mol. The van der Waals surface area contributed by atoms with E-state index in [1.807, 2.05) is 50.4 Å². The molecule has 2 heteroatoms. The highest BCUT2D eigenvalue weighted by molar-refractivity contribution is 5.64. The van der Waals surface area contributed by atoms with Crippen LogP contribution < -0.4 is 5.32 Å². The van der Waals surface area contributed by atoms with Gasteiger partial charge in [-0.15, -0.1) is 0 Å². The van der Waals surface area contributed by atoms with E-state index in [4.69, 9.17) is 0 Å². The van der Waals surface area contributed by atoms with Gasteiger partial charge in [0.1, 0.15) is 5.82 Å². The summed E-state index contributed by atoms with van der Waals surface area (Å²) < 4.78 is 13.9. The molecule has 1 N–H and O–H groups in total. The molecule has 0 saturated carbocycles. The first-order chi connectivity index (χ1) is 8.20. The van der Waals surface area contributed by atoms with Crippen LogP contribution in [0, 0.1) is 12.7 Å². The van der Waals surface area contributed by atoms with E-state index < -0.39 is 0 Å². The normalized spacial score (nSPS) is 10.5. The lowest BCUT2D eigenvalue weighted by Crippen LogP contribution is -2.05. The van der Waals surface area contributed by atoms with Crippen LogP contribution in [0.3, 0.4) is 0 Å². The first-order valence-electron chi connectivity index (χ1n) is 5.71. The molecule has 88 valence electrons. The number of rotatable bonds is 3. The first-order valence-corrected chi connectivity index (χ1v) is 5.71. The Hall–Kier alpha value is -1.67. The number of aryl methyl sites for hydroxylation is 1. The second kappa shape index (κ2) is 5.11. The van der Waals surface area contributed by atoms with Crippen LogP contribution in [-0.2, 0) is 6.54 Å². The first kappa shape index (κ1) is 11.8. The standard InChI is InChI=1S/C15H16FN/c1-11-3-6-13(7-4-11)14-8-5-12(10-17-2)9-15(14)16/h3-9,17H,10H2,1-2H3. The lowest BCUT2D eigenvalue weighted by atomic mass is 10.0. The van der Waals surface area contributed by atoms with Crippen LogP contribution in [0.25, 0.3) is 11.1 Å². The third-order valence-corrected chi connectivity index (χ3v) is 2.78. The molecule has 1 nitrogen and oxygen atoms in total. The Bertz CT molecular complexity index is 503. The zero-order valence-corrected chi connectivity index (χ0v) is 10.1. The minimum absolute atomic E-state index is 0.165. The fourth-order valence-electron chi connectivity index (χ4n) is 1.84. The van der Waals surface area contributed by atoms with Crippen LogP contribution in [0.4, 0.5) is 4.39 Å². The molecule has 0 amide bonds. The zero-order chi connectivity index (χ0) is 12.3. The van der Waals surface area contributed by atoms with Crippen molar-refractivity contribution in [1.29, 1.82) is 0 Å². The molecule has 0 aromatic heterocycles. The van der Waals surface area contributed by atoms with Crippen LogP contribution in [-0.4, -0.2) is 7.05 Å². The average Bonchev–Trinajstić information content (AvgIpc) is 2.31. The summed E-state index contributed by atoms with van der Waals surface area (Å²) in [5.74, 6) is -0.165. The highest BCUT2D eigenvalue weighted by Crippen LogP contribution is 2.23. The topological polar surface area (TPSA) is 12.0 Å². The molecular formula is C15H16FN. The van der Waals surface area contributed by atoms with E-state index in [-0.39, 0.29) is 5.82 Å². The maximum Gasteiger partial charge on any atom is 0.131 e. The van der Waals surface area contributed by atoms with Crippen molar-refractivity contribution in [2.24, 2.45) is 0 Å². The van der Waals surface area contributed by atoms with Gasteiger partial charge in [0.2, 0.25) is 0 Å². The van der Waals surface area contributed by atoms with Crippen LogP contribution in [0.1, 0.15) is 11.1 Å². The summed E-state index contributed by atoms with van der Waals surface area (Å²) in [4.78, 5) is 0. The van der Waals surface area contributed by atoms with Crippen molar-refractivity contribution in [3.63, 3.8) is 0 Å². The van der Waals surface area contributed by atoms with Gasteiger partial charge in [0.25, 0.3) is 0 Å². The van der Waals surface area contributed by atoms with Gasteiger partial charge in [-0.05, 0) is 31.2 Å². The highest BCUT2D eigenvalue weighted by Gasteiger charge is 2.05. The Labute approximate surface area is 101 Å². The van der Waals surface area contributed by atoms with Crippen molar-refractivity contribution in [3.05, 3.63) is 59.4 Å². The molecule has 17 heavy (non-hydrogen) atoms. The zero-order valence-electron chi connectivity index (χ0n) is 10.1. The van der Waals surface area contributed by atoms with E-state index in [0.717, 1.165) is 11.1 Å². The molecular weight excluding hydrogens is 213 g/mol. The van der Waals surface area contributed by atoms with Crippen molar-refractivity contribution in [1.82, 2.24) is 5.32 Å². The van der Waals surface area contributed by atoms with Gasteiger partial charge in [0.15, 0.2) is 0 Å². The van der Waals surface area contributed by atoms with Crippen LogP contribution in [0.15, 0.2) is 42.5 Å². The smallest absolute Gasteiger partial charge is 0.131 e. The summed E-state index contributed by atoms with van der Waals surface area (Å²) in [5.41, 5.74) is 3.72. The van der Waals surface area contributed by atoms with Gasteiger partial charge in [-0.2, -0.15) is 0 Å². The third-order valence-electron chi connectivity index (χ3n) is 2.78. The van der Waals surface area contributed by atoms with Gasteiger partial charge < -0.3 is 5.32 Å². The molecule has 0 spiro atoms. The second-order valence-corrected chi connectivity index (χ2v) is 4.21. The van der Waals surface area contributed by atoms with Gasteiger partial charge in [-0.3, -0.25) is 0 Å². The summed E-state index contributed by atoms with van der Waals surface area (Å²) in [7, 11) is 1.85. The molecule has 0 unspecified atom stereocenters. The molecule has 2 aromatic rings. The summed E-state index contributed by atoms with van der Waals surface area (Å²) in [6, 6.07) is 13.3. The Morgan fingerprint density at radius 1 is 1.06 bits per heavy atom. The Morgan fingerprint density at radius 3 is 2.35 bits per heavy atom. The van der Waals surface area contributed by atoms with Crippen molar-refractivity contribution >= 4 is 0 Å². The van der Waals surface area contributed by atoms with Crippen LogP contribution >= 0.6 is 0 Å². The molecule has 2 rings (SSSR count). The van der Waals surface area contributed by atoms with Gasteiger partial charge in [0.05, 0.1) is 0 Å². The maximum atomic E-state index is 13.9. The largest absolute Gasteiger partial charge is 0.316 e. The Kier molecular flexibility index (Phi) is 3.55. The molecule has 0 aliphatic heterocycles. The van der Waals surface area contributed by atoms with E-state index in [1.165, 1.54) is 5.56 Å². The predicted octanol–water partition coefficient (Wildman–Crippen LogP) is 3.52. The fourth-order valence-corrected chi connectivity index (χ4v) is 1.84. The molecule has 0 atom stereocenters. The summed E-state index contributed by atoms with van der Waals surface area (Å²) in [6.45, 7) is 2.71. The van der Waals surface area contributed by atoms with E-state index in [0.29, 0.717) is 12.1 Å². The molecule has 0 fully saturated rings. The highest BCUT2D eigenvalue weighted by atomic mass is 19.1. The summed E-state index contributed by atoms with van der Waals surface area (Å²) in [6.07, 6.45) is 0. The van der Waals surface area contributed by atoms with Crippen molar-refractivity contribution in [2.45, 2.75) is 13.5 Å². The van der Waals surface area contributed by atoms with E-state index in [2.05, 4.69) is 5.32 Å². The van der Waals surface area contributed by atoms with Crippen molar-refractivity contribution < 1.29 is 4.39 Å². The van der Waals surface area contributed by atoms with Crippen molar-refractivity contribution in [3.8, 4) is 11.1 Å². The Balaban J connectivity index is 2.36. The minimum Gasteiger partial charge on any atom is -0.316 e. The van der Waals surface area contributed by atoms with Gasteiger partial charge in [0, 0.05) is 12.1 Å². The number of hydrogen-bond acceptors (Lipinski definition) is 1. The molecule has 0 bridgehead atoms. The average molecular weight is 229 g/mol. The number of halogens is 1. The van der Waals surface area contributed by atoms with E-state index in [1.54, 1.807) is 6.07 Å². The third kappa shape index (κ3) is 2.71. The lowest BCUT2D eigenvalue weighted by molar-refractivity contribution is 0.627. The molecule has 0 heterocycles. The van der Waals surface area contributed by atoms with Crippen LogP contribution in [0.2, 0.25) is 0 Å². The number of hydrogen-bond donors (Lipinski definition) is 1. The second-order valence-electron chi connectivity index (χ2n) is 4.21. The molecule has 0 radical (unpaired) electrons. The number of nitrogens with one attached hydrogen (secondary N) is 1. The monoisotopic (exact) mass is 229 g/mol. The number of benzene rings is 2. The molecule has 0 saturated heterocycles. The summed E-state index contributed by atoms with van der Waals surface area (Å²) in [5, 5.41) is 3.01. The quantitative estimate of drug-likeness (QED) is 0.849. The Morgan fingerprint density at radius 2 is 1.76 bits per heavy atom. The van der Waals surface area contributed by atoms with Crippen LogP contribution in [0.5, 0.6) is 0 Å². The summed E-state index contributed by atoms with van der Waals surface area (Å²) >= 11 is 0. The maximum absolute atomic E-state index is 13.9. The fraction of sp³-hybridized carbons (Fsp3) is 0.200.